The van der Waals surface area contributed by atoms with E-state index in [0.717, 1.165) is 16.7 Å². The SMILES string of the molecule is Cc1cnc2c(c1)c1ccccc1c1ccc(C(C)(C)C)nc12. The summed E-state index contributed by atoms with van der Waals surface area (Å²) in [7, 11) is 0. The lowest BCUT2D eigenvalue weighted by atomic mass is 9.90. The van der Waals surface area contributed by atoms with E-state index in [1.807, 2.05) is 6.20 Å². The summed E-state index contributed by atoms with van der Waals surface area (Å²) >= 11 is 0. The fraction of sp³-hybridized carbons (Fsp3) is 0.238. The molecule has 2 nitrogen and oxygen atoms in total. The van der Waals surface area contributed by atoms with Gasteiger partial charge >= 0.3 is 0 Å². The van der Waals surface area contributed by atoms with Gasteiger partial charge in [-0.25, -0.2) is 4.98 Å². The lowest BCUT2D eigenvalue weighted by Crippen LogP contribution is -2.13. The summed E-state index contributed by atoms with van der Waals surface area (Å²) in [6.45, 7) is 8.68. The Labute approximate surface area is 136 Å². The van der Waals surface area contributed by atoms with E-state index in [4.69, 9.17) is 9.97 Å². The average Bonchev–Trinajstić information content (AvgIpc) is 2.53. The number of rotatable bonds is 0. The molecule has 0 amide bonds. The second-order valence-corrected chi connectivity index (χ2v) is 7.30. The fourth-order valence-electron chi connectivity index (χ4n) is 3.19. The molecule has 2 heteroatoms. The standard InChI is InChI=1S/C21H20N2/c1-13-11-17-15-8-6-5-7-14(15)16-9-10-18(21(2,3)4)23-20(16)19(17)22-12-13/h5-12H,1-4H3. The molecule has 0 saturated carbocycles. The monoisotopic (exact) mass is 300 g/mol. The second kappa shape index (κ2) is 4.76. The van der Waals surface area contributed by atoms with Crippen molar-refractivity contribution in [3.05, 3.63) is 59.9 Å². The highest BCUT2D eigenvalue weighted by Gasteiger charge is 2.18. The molecule has 0 atom stereocenters. The van der Waals surface area contributed by atoms with Gasteiger partial charge in [0, 0.05) is 28.1 Å². The van der Waals surface area contributed by atoms with Crippen molar-refractivity contribution >= 4 is 32.6 Å². The Kier molecular flexibility index (Phi) is 2.92. The molecule has 4 rings (SSSR count). The van der Waals surface area contributed by atoms with Crippen LogP contribution in [0, 0.1) is 6.92 Å². The molecule has 0 aliphatic carbocycles. The van der Waals surface area contributed by atoms with Gasteiger partial charge in [-0.3, -0.25) is 4.98 Å². The molecule has 0 aliphatic rings. The van der Waals surface area contributed by atoms with Crippen LogP contribution in [-0.2, 0) is 5.41 Å². The summed E-state index contributed by atoms with van der Waals surface area (Å²) in [5.41, 5.74) is 4.30. The van der Waals surface area contributed by atoms with Crippen molar-refractivity contribution in [3.63, 3.8) is 0 Å². The number of pyridine rings is 2. The Morgan fingerprint density at radius 1 is 0.783 bits per heavy atom. The van der Waals surface area contributed by atoms with Gasteiger partial charge in [0.15, 0.2) is 0 Å². The molecule has 0 fully saturated rings. The van der Waals surface area contributed by atoms with Crippen LogP contribution in [0.3, 0.4) is 0 Å². The van der Waals surface area contributed by atoms with Crippen LogP contribution >= 0.6 is 0 Å². The van der Waals surface area contributed by atoms with Gasteiger partial charge in [0.05, 0.1) is 11.0 Å². The summed E-state index contributed by atoms with van der Waals surface area (Å²) in [5, 5.41) is 4.86. The average molecular weight is 300 g/mol. The largest absolute Gasteiger partial charge is 0.254 e. The van der Waals surface area contributed by atoms with Crippen molar-refractivity contribution < 1.29 is 0 Å². The van der Waals surface area contributed by atoms with Gasteiger partial charge in [0.2, 0.25) is 0 Å². The van der Waals surface area contributed by atoms with E-state index >= 15 is 0 Å². The molecule has 0 spiro atoms. The number of nitrogens with zero attached hydrogens (tertiary/aromatic N) is 2. The van der Waals surface area contributed by atoms with Crippen LogP contribution in [0.4, 0.5) is 0 Å². The molecule has 0 bridgehead atoms. The van der Waals surface area contributed by atoms with E-state index in [1.54, 1.807) is 0 Å². The zero-order valence-corrected chi connectivity index (χ0v) is 14.0. The predicted molar refractivity (Wildman–Crippen MR) is 98.0 cm³/mol. The fourth-order valence-corrected chi connectivity index (χ4v) is 3.19. The van der Waals surface area contributed by atoms with E-state index in [2.05, 4.69) is 70.2 Å². The Bertz CT molecular complexity index is 1060. The van der Waals surface area contributed by atoms with E-state index in [9.17, 15) is 0 Å². The maximum Gasteiger partial charge on any atom is 0.0974 e. The number of fused-ring (bicyclic) bond motifs is 6. The molecule has 2 aromatic carbocycles. The van der Waals surface area contributed by atoms with Crippen LogP contribution in [-0.4, -0.2) is 9.97 Å². The summed E-state index contributed by atoms with van der Waals surface area (Å²) in [4.78, 5) is 9.71. The van der Waals surface area contributed by atoms with Crippen molar-refractivity contribution in [2.75, 3.05) is 0 Å². The first-order chi connectivity index (χ1) is 10.9. The molecule has 0 saturated heterocycles. The van der Waals surface area contributed by atoms with E-state index in [1.165, 1.54) is 27.1 Å². The molecule has 2 heterocycles. The third kappa shape index (κ3) is 2.17. The van der Waals surface area contributed by atoms with Crippen LogP contribution in [0.2, 0.25) is 0 Å². The van der Waals surface area contributed by atoms with Crippen LogP contribution in [0.25, 0.3) is 32.6 Å². The molecule has 4 aromatic rings. The maximum absolute atomic E-state index is 4.99. The van der Waals surface area contributed by atoms with Crippen molar-refractivity contribution in [3.8, 4) is 0 Å². The Morgan fingerprint density at radius 3 is 2.17 bits per heavy atom. The van der Waals surface area contributed by atoms with Crippen molar-refractivity contribution in [1.29, 1.82) is 0 Å². The number of hydrogen-bond acceptors (Lipinski definition) is 2. The molecule has 0 aliphatic heterocycles. The Balaban J connectivity index is 2.27. The first-order valence-corrected chi connectivity index (χ1v) is 8.03. The van der Waals surface area contributed by atoms with Crippen LogP contribution in [0.5, 0.6) is 0 Å². The Hall–Kier alpha value is -2.48. The number of aryl methyl sites for hydroxylation is 1. The topological polar surface area (TPSA) is 25.8 Å². The van der Waals surface area contributed by atoms with E-state index in [-0.39, 0.29) is 5.41 Å². The lowest BCUT2D eigenvalue weighted by Gasteiger charge is -2.19. The normalized spacial score (nSPS) is 12.3. The molecular formula is C21H20N2. The highest BCUT2D eigenvalue weighted by atomic mass is 14.8. The summed E-state index contributed by atoms with van der Waals surface area (Å²) in [5.74, 6) is 0. The zero-order valence-electron chi connectivity index (χ0n) is 14.0. The third-order valence-electron chi connectivity index (χ3n) is 4.42. The molecule has 23 heavy (non-hydrogen) atoms. The highest BCUT2D eigenvalue weighted by Crippen LogP contribution is 2.34. The summed E-state index contributed by atoms with van der Waals surface area (Å²) in [6, 6.07) is 15.1. The van der Waals surface area contributed by atoms with Crippen molar-refractivity contribution in [2.24, 2.45) is 0 Å². The number of benzene rings is 2. The quantitative estimate of drug-likeness (QED) is 0.398. The molecule has 0 unspecified atom stereocenters. The first-order valence-electron chi connectivity index (χ1n) is 8.03. The number of aromatic nitrogens is 2. The molecule has 0 radical (unpaired) electrons. The first kappa shape index (κ1) is 14.1. The smallest absolute Gasteiger partial charge is 0.0974 e. The minimum absolute atomic E-state index is 0.0247. The van der Waals surface area contributed by atoms with Gasteiger partial charge in [-0.2, -0.15) is 0 Å². The second-order valence-electron chi connectivity index (χ2n) is 7.30. The van der Waals surface area contributed by atoms with Crippen LogP contribution in [0.1, 0.15) is 32.0 Å². The van der Waals surface area contributed by atoms with Crippen molar-refractivity contribution in [2.45, 2.75) is 33.1 Å². The molecule has 0 N–H and O–H groups in total. The minimum atomic E-state index is 0.0247. The zero-order chi connectivity index (χ0) is 16.2. The van der Waals surface area contributed by atoms with Gasteiger partial charge in [-0.1, -0.05) is 51.1 Å². The predicted octanol–water partition coefficient (Wildman–Crippen LogP) is 5.54. The van der Waals surface area contributed by atoms with Gasteiger partial charge in [-0.15, -0.1) is 0 Å². The van der Waals surface area contributed by atoms with Crippen LogP contribution in [0.15, 0.2) is 48.7 Å². The minimum Gasteiger partial charge on any atom is -0.254 e. The van der Waals surface area contributed by atoms with Gasteiger partial charge < -0.3 is 0 Å². The number of hydrogen-bond donors (Lipinski definition) is 0. The Morgan fingerprint density at radius 2 is 1.48 bits per heavy atom. The summed E-state index contributed by atoms with van der Waals surface area (Å²) < 4.78 is 0. The van der Waals surface area contributed by atoms with Crippen molar-refractivity contribution in [1.82, 2.24) is 9.97 Å². The van der Waals surface area contributed by atoms with Gasteiger partial charge in [0.1, 0.15) is 0 Å². The third-order valence-corrected chi connectivity index (χ3v) is 4.42. The molecular weight excluding hydrogens is 280 g/mol. The lowest BCUT2D eigenvalue weighted by molar-refractivity contribution is 0.571. The van der Waals surface area contributed by atoms with E-state index in [0.29, 0.717) is 0 Å². The van der Waals surface area contributed by atoms with E-state index < -0.39 is 0 Å². The van der Waals surface area contributed by atoms with Crippen LogP contribution < -0.4 is 0 Å². The van der Waals surface area contributed by atoms with Gasteiger partial charge in [-0.05, 0) is 35.4 Å². The molecule has 2 aromatic heterocycles. The molecule has 114 valence electrons. The highest BCUT2D eigenvalue weighted by molar-refractivity contribution is 6.23. The van der Waals surface area contributed by atoms with Gasteiger partial charge in [0.25, 0.3) is 0 Å². The maximum atomic E-state index is 4.99. The summed E-state index contributed by atoms with van der Waals surface area (Å²) in [6.07, 6.45) is 1.93.